The van der Waals surface area contributed by atoms with Gasteiger partial charge in [-0.15, -0.1) is 0 Å². The van der Waals surface area contributed by atoms with E-state index >= 15 is 0 Å². The van der Waals surface area contributed by atoms with Gasteiger partial charge in [0.1, 0.15) is 0 Å². The van der Waals surface area contributed by atoms with Crippen molar-refractivity contribution in [2.45, 2.75) is 18.4 Å². The van der Waals surface area contributed by atoms with E-state index < -0.39 is 27.9 Å². The topological polar surface area (TPSA) is 133 Å². The lowest BCUT2D eigenvalue weighted by molar-refractivity contribution is -0.139. The summed E-state index contributed by atoms with van der Waals surface area (Å²) in [7, 11) is -3.65. The molecule has 0 aromatic heterocycles. The van der Waals surface area contributed by atoms with Crippen molar-refractivity contribution in [2.75, 3.05) is 16.3 Å². The molecule has 1 aliphatic rings. The molecule has 27 heavy (non-hydrogen) atoms. The molecule has 0 bridgehead atoms. The van der Waals surface area contributed by atoms with E-state index in [1.165, 1.54) is 12.1 Å². The fourth-order valence-corrected chi connectivity index (χ4v) is 3.82. The lowest BCUT2D eigenvalue weighted by Gasteiger charge is -2.33. The quantitative estimate of drug-likeness (QED) is 0.616. The summed E-state index contributed by atoms with van der Waals surface area (Å²) in [5.41, 5.74) is 1.09. The highest BCUT2D eigenvalue weighted by molar-refractivity contribution is 7.92. The van der Waals surface area contributed by atoms with Gasteiger partial charge >= 0.3 is 11.9 Å². The molecular weight excluding hydrogens is 372 g/mol. The van der Waals surface area contributed by atoms with Gasteiger partial charge in [-0.1, -0.05) is 30.3 Å². The van der Waals surface area contributed by atoms with Gasteiger partial charge in [-0.2, -0.15) is 0 Å². The van der Waals surface area contributed by atoms with Crippen molar-refractivity contribution in [1.29, 1.82) is 0 Å². The van der Waals surface area contributed by atoms with Crippen LogP contribution in [0.2, 0.25) is 0 Å². The molecule has 1 aliphatic heterocycles. The van der Waals surface area contributed by atoms with Gasteiger partial charge in [-0.05, 0) is 29.7 Å². The molecule has 0 fully saturated rings. The van der Waals surface area contributed by atoms with Crippen LogP contribution in [0.1, 0.15) is 39.9 Å². The van der Waals surface area contributed by atoms with E-state index in [0.717, 1.165) is 11.8 Å². The third-order valence-corrected chi connectivity index (χ3v) is 4.97. The number of hydrogen-bond donors (Lipinski definition) is 4. The number of anilines is 2. The van der Waals surface area contributed by atoms with E-state index in [9.17, 15) is 28.2 Å². The normalized spacial score (nSPS) is 18.9. The number of fused-ring (bicyclic) bond motifs is 1. The lowest BCUT2D eigenvalue weighted by atomic mass is 9.83. The fourth-order valence-electron chi connectivity index (χ4n) is 3.28. The molecule has 9 heteroatoms. The number of nitrogens with one attached hydrogen (secondary N) is 2. The highest BCUT2D eigenvalue weighted by Crippen LogP contribution is 2.43. The summed E-state index contributed by atoms with van der Waals surface area (Å²) in [6.07, 6.45) is 1.14. The smallest absolute Gasteiger partial charge is 0.337 e. The van der Waals surface area contributed by atoms with Gasteiger partial charge < -0.3 is 15.5 Å². The molecule has 2 atom stereocenters. The molecule has 0 spiro atoms. The van der Waals surface area contributed by atoms with Gasteiger partial charge in [0, 0.05) is 5.69 Å². The Morgan fingerprint density at radius 1 is 1.15 bits per heavy atom. The molecular formula is C18H18N2O6S. The van der Waals surface area contributed by atoms with Crippen molar-refractivity contribution >= 4 is 33.3 Å². The van der Waals surface area contributed by atoms with Gasteiger partial charge in [0.25, 0.3) is 0 Å². The minimum atomic E-state index is -3.65. The molecule has 0 saturated heterocycles. The van der Waals surface area contributed by atoms with Crippen molar-refractivity contribution in [1.82, 2.24) is 0 Å². The zero-order chi connectivity index (χ0) is 19.8. The largest absolute Gasteiger partial charge is 0.481 e. The van der Waals surface area contributed by atoms with E-state index in [-0.39, 0.29) is 35.0 Å². The van der Waals surface area contributed by atoms with E-state index in [1.807, 2.05) is 30.3 Å². The number of carboxylic acids is 2. The molecule has 0 amide bonds. The highest BCUT2D eigenvalue weighted by Gasteiger charge is 2.35. The molecule has 0 aliphatic carbocycles. The van der Waals surface area contributed by atoms with E-state index in [0.29, 0.717) is 0 Å². The molecule has 0 radical (unpaired) electrons. The first-order valence-electron chi connectivity index (χ1n) is 8.09. The summed E-state index contributed by atoms with van der Waals surface area (Å²) < 4.78 is 25.2. The zero-order valence-electron chi connectivity index (χ0n) is 14.3. The van der Waals surface area contributed by atoms with Crippen LogP contribution in [0.15, 0.2) is 42.5 Å². The Balaban J connectivity index is 2.15. The molecule has 1 heterocycles. The number of carbonyl (C=O) groups is 2. The second-order valence-electron chi connectivity index (χ2n) is 6.40. The summed E-state index contributed by atoms with van der Waals surface area (Å²) in [5, 5.41) is 22.4. The first kappa shape index (κ1) is 18.7. The number of rotatable bonds is 5. The van der Waals surface area contributed by atoms with Crippen molar-refractivity contribution in [3.05, 3.63) is 59.2 Å². The molecule has 2 aromatic rings. The second-order valence-corrected chi connectivity index (χ2v) is 8.15. The van der Waals surface area contributed by atoms with E-state index in [1.54, 1.807) is 0 Å². The third kappa shape index (κ3) is 4.03. The van der Waals surface area contributed by atoms with Gasteiger partial charge in [0.2, 0.25) is 10.0 Å². The Morgan fingerprint density at radius 3 is 2.37 bits per heavy atom. The van der Waals surface area contributed by atoms with Crippen LogP contribution in [0, 0.1) is 0 Å². The third-order valence-electron chi connectivity index (χ3n) is 4.37. The number of aliphatic carboxylic acids is 1. The summed E-state index contributed by atoms with van der Waals surface area (Å²) >= 11 is 0. The Labute approximate surface area is 155 Å². The highest BCUT2D eigenvalue weighted by atomic mass is 32.2. The minimum absolute atomic E-state index is 0.0138. The molecule has 0 saturated carbocycles. The Kier molecular flexibility index (Phi) is 4.79. The molecule has 8 nitrogen and oxygen atoms in total. The van der Waals surface area contributed by atoms with Crippen LogP contribution in [0.3, 0.4) is 0 Å². The molecule has 142 valence electrons. The standard InChI is InChI=1S/C18H18N2O6S/c1-27(25,26)20-11-7-12-13(17(21)22)9-15(10-5-3-2-4-6-10)19-16(12)14(8-11)18(23)24/h2-8,13,15,19-20H,9H2,1H3,(H,21,22)(H,23,24). The van der Waals surface area contributed by atoms with Crippen LogP contribution < -0.4 is 10.0 Å². The summed E-state index contributed by atoms with van der Waals surface area (Å²) in [5.74, 6) is -3.37. The molecule has 4 N–H and O–H groups in total. The predicted molar refractivity (Wildman–Crippen MR) is 99.7 cm³/mol. The SMILES string of the molecule is CS(=O)(=O)Nc1cc(C(=O)O)c2c(c1)C(C(=O)O)CC(c1ccccc1)N2. The van der Waals surface area contributed by atoms with Crippen LogP contribution in [-0.2, 0) is 14.8 Å². The molecule has 2 unspecified atom stereocenters. The monoisotopic (exact) mass is 390 g/mol. The van der Waals surface area contributed by atoms with Crippen molar-refractivity contribution in [2.24, 2.45) is 0 Å². The van der Waals surface area contributed by atoms with E-state index in [4.69, 9.17) is 0 Å². The summed E-state index contributed by atoms with van der Waals surface area (Å²) in [6.45, 7) is 0. The maximum atomic E-state index is 11.9. The number of carboxylic acid groups (broad SMARTS) is 2. The van der Waals surface area contributed by atoms with Gasteiger partial charge in [0.15, 0.2) is 0 Å². The zero-order valence-corrected chi connectivity index (χ0v) is 15.2. The first-order chi connectivity index (χ1) is 12.7. The lowest BCUT2D eigenvalue weighted by Crippen LogP contribution is -2.28. The van der Waals surface area contributed by atoms with Crippen LogP contribution >= 0.6 is 0 Å². The van der Waals surface area contributed by atoms with Crippen molar-refractivity contribution in [3.63, 3.8) is 0 Å². The summed E-state index contributed by atoms with van der Waals surface area (Å²) in [4.78, 5) is 23.6. The van der Waals surface area contributed by atoms with Crippen LogP contribution in [0.4, 0.5) is 11.4 Å². The van der Waals surface area contributed by atoms with Gasteiger partial charge in [0.05, 0.1) is 29.5 Å². The predicted octanol–water partition coefficient (Wildman–Crippen LogP) is 2.48. The van der Waals surface area contributed by atoms with Crippen molar-refractivity contribution in [3.8, 4) is 0 Å². The molecule has 3 rings (SSSR count). The minimum Gasteiger partial charge on any atom is -0.481 e. The maximum absolute atomic E-state index is 11.9. The summed E-state index contributed by atoms with van der Waals surface area (Å²) in [6, 6.07) is 11.3. The van der Waals surface area contributed by atoms with E-state index in [2.05, 4.69) is 10.0 Å². The number of aromatic carboxylic acids is 1. The van der Waals surface area contributed by atoms with Gasteiger partial charge in [-0.3, -0.25) is 9.52 Å². The Bertz CT molecular complexity index is 1000. The number of benzene rings is 2. The average molecular weight is 390 g/mol. The van der Waals surface area contributed by atoms with Crippen molar-refractivity contribution < 1.29 is 28.2 Å². The fraction of sp³-hybridized carbons (Fsp3) is 0.222. The van der Waals surface area contributed by atoms with Crippen LogP contribution in [0.5, 0.6) is 0 Å². The maximum Gasteiger partial charge on any atom is 0.337 e. The Morgan fingerprint density at radius 2 is 1.81 bits per heavy atom. The van der Waals surface area contributed by atoms with Crippen LogP contribution in [0.25, 0.3) is 0 Å². The average Bonchev–Trinajstić information content (AvgIpc) is 2.59. The first-order valence-corrected chi connectivity index (χ1v) is 9.98. The number of hydrogen-bond acceptors (Lipinski definition) is 5. The Hall–Kier alpha value is -3.07. The van der Waals surface area contributed by atoms with Gasteiger partial charge in [-0.25, -0.2) is 13.2 Å². The van der Waals surface area contributed by atoms with Crippen LogP contribution in [-0.4, -0.2) is 36.8 Å². The molecule has 2 aromatic carbocycles. The number of sulfonamides is 1. The second kappa shape index (κ2) is 6.92.